The van der Waals surface area contributed by atoms with Gasteiger partial charge in [0.1, 0.15) is 0 Å². The molecule has 0 fully saturated rings. The summed E-state index contributed by atoms with van der Waals surface area (Å²) >= 11 is 1.59. The Morgan fingerprint density at radius 3 is 3.00 bits per heavy atom. The van der Waals surface area contributed by atoms with Crippen LogP contribution in [0.2, 0.25) is 0 Å². The van der Waals surface area contributed by atoms with E-state index in [2.05, 4.69) is 22.0 Å². The summed E-state index contributed by atoms with van der Waals surface area (Å²) in [6, 6.07) is 3.94. The van der Waals surface area contributed by atoms with E-state index in [0.29, 0.717) is 24.9 Å². The van der Waals surface area contributed by atoms with Crippen LogP contribution in [0.4, 0.5) is 0 Å². The summed E-state index contributed by atoms with van der Waals surface area (Å²) in [4.78, 5) is 3.18. The molecule has 2 N–H and O–H groups in total. The fourth-order valence-electron chi connectivity index (χ4n) is 1.54. The van der Waals surface area contributed by atoms with Crippen molar-refractivity contribution in [3.63, 3.8) is 0 Å². The van der Waals surface area contributed by atoms with Crippen LogP contribution in [0.1, 0.15) is 12.8 Å². The lowest BCUT2D eigenvalue weighted by Crippen LogP contribution is -2.28. The smallest absolute Gasteiger partial charge is 0.257 e. The summed E-state index contributed by atoms with van der Waals surface area (Å²) in [7, 11) is 0. The third-order valence-corrected chi connectivity index (χ3v) is 3.31. The van der Waals surface area contributed by atoms with Gasteiger partial charge >= 0.3 is 0 Å². The van der Waals surface area contributed by atoms with Crippen LogP contribution >= 0.6 is 11.3 Å². The fourth-order valence-corrected chi connectivity index (χ4v) is 2.18. The van der Waals surface area contributed by atoms with Gasteiger partial charge in [-0.15, -0.1) is 21.5 Å². The summed E-state index contributed by atoms with van der Waals surface area (Å²) in [5, 5.41) is 10.1. The van der Waals surface area contributed by atoms with Gasteiger partial charge in [0.15, 0.2) is 0 Å². The summed E-state index contributed by atoms with van der Waals surface area (Å²) < 4.78 is 5.61. The van der Waals surface area contributed by atoms with Crippen molar-refractivity contribution in [2.75, 3.05) is 19.6 Å². The minimum absolute atomic E-state index is 0.596. The van der Waals surface area contributed by atoms with Gasteiger partial charge in [-0.3, -0.25) is 4.90 Å². The molecule has 2 rings (SSSR count). The zero-order chi connectivity index (χ0) is 12.1. The van der Waals surface area contributed by atoms with Crippen molar-refractivity contribution >= 4 is 11.3 Å². The molecule has 6 heteroatoms. The summed E-state index contributed by atoms with van der Waals surface area (Å²) in [6.45, 7) is 5.15. The number of aromatic nitrogens is 2. The van der Waals surface area contributed by atoms with Crippen LogP contribution in [0.15, 0.2) is 21.9 Å². The monoisotopic (exact) mass is 252 g/mol. The van der Waals surface area contributed by atoms with Gasteiger partial charge in [-0.1, -0.05) is 13.0 Å². The number of nitrogens with zero attached hydrogens (tertiary/aromatic N) is 3. The van der Waals surface area contributed by atoms with Crippen LogP contribution in [-0.4, -0.2) is 34.7 Å². The van der Waals surface area contributed by atoms with E-state index in [-0.39, 0.29) is 0 Å². The highest BCUT2D eigenvalue weighted by Gasteiger charge is 2.11. The Morgan fingerprint density at radius 1 is 1.47 bits per heavy atom. The van der Waals surface area contributed by atoms with Gasteiger partial charge in [0, 0.05) is 13.1 Å². The van der Waals surface area contributed by atoms with Crippen molar-refractivity contribution < 1.29 is 4.42 Å². The fraction of sp³-hybridized carbons (Fsp3) is 0.455. The number of hydrogen-bond acceptors (Lipinski definition) is 6. The molecule has 0 amide bonds. The van der Waals surface area contributed by atoms with Gasteiger partial charge in [-0.05, 0) is 18.0 Å². The maximum atomic E-state index is 5.61. The van der Waals surface area contributed by atoms with Crippen LogP contribution in [0.25, 0.3) is 10.8 Å². The Labute approximate surface area is 104 Å². The summed E-state index contributed by atoms with van der Waals surface area (Å²) in [5.41, 5.74) is 5.53. The topological polar surface area (TPSA) is 68.2 Å². The number of nitrogens with two attached hydrogens (primary N) is 1. The van der Waals surface area contributed by atoms with Crippen molar-refractivity contribution in [2.45, 2.75) is 13.5 Å². The third kappa shape index (κ3) is 3.12. The highest BCUT2D eigenvalue weighted by molar-refractivity contribution is 7.13. The van der Waals surface area contributed by atoms with Gasteiger partial charge in [0.2, 0.25) is 5.89 Å². The molecule has 0 aliphatic heterocycles. The Hall–Kier alpha value is -1.24. The summed E-state index contributed by atoms with van der Waals surface area (Å²) in [5.74, 6) is 1.24. The van der Waals surface area contributed by atoms with E-state index in [4.69, 9.17) is 10.2 Å². The third-order valence-electron chi connectivity index (χ3n) is 2.45. The van der Waals surface area contributed by atoms with E-state index in [1.54, 1.807) is 11.3 Å². The van der Waals surface area contributed by atoms with Crippen molar-refractivity contribution in [2.24, 2.45) is 5.73 Å². The molecule has 2 heterocycles. The number of rotatable bonds is 6. The predicted molar refractivity (Wildman–Crippen MR) is 67.6 cm³/mol. The molecule has 0 aliphatic carbocycles. The number of thiophene rings is 1. The van der Waals surface area contributed by atoms with Crippen molar-refractivity contribution in [1.29, 1.82) is 0 Å². The van der Waals surface area contributed by atoms with Crippen molar-refractivity contribution in [3.8, 4) is 10.8 Å². The van der Waals surface area contributed by atoms with Crippen LogP contribution in [0.3, 0.4) is 0 Å². The highest BCUT2D eigenvalue weighted by atomic mass is 32.1. The second-order valence-electron chi connectivity index (χ2n) is 3.64. The van der Waals surface area contributed by atoms with Crippen molar-refractivity contribution in [1.82, 2.24) is 15.1 Å². The normalized spacial score (nSPS) is 11.2. The zero-order valence-electron chi connectivity index (χ0n) is 9.80. The maximum Gasteiger partial charge on any atom is 0.257 e. The van der Waals surface area contributed by atoms with E-state index >= 15 is 0 Å². The first-order valence-corrected chi connectivity index (χ1v) is 6.50. The molecule has 2 aromatic rings. The van der Waals surface area contributed by atoms with Gasteiger partial charge in [-0.25, -0.2) is 0 Å². The van der Waals surface area contributed by atoms with E-state index in [1.807, 2.05) is 17.5 Å². The molecule has 2 aromatic heterocycles. The Balaban J connectivity index is 2.03. The Kier molecular flexibility index (Phi) is 4.24. The standard InChI is InChI=1S/C11H16N4OS/c1-2-15(6-5-12)8-10-13-14-11(16-10)9-4-3-7-17-9/h3-4,7H,2,5-6,8,12H2,1H3. The second kappa shape index (κ2) is 5.90. The molecule has 0 aromatic carbocycles. The molecule has 0 saturated carbocycles. The second-order valence-corrected chi connectivity index (χ2v) is 4.58. The van der Waals surface area contributed by atoms with E-state index in [0.717, 1.165) is 18.0 Å². The average Bonchev–Trinajstić information content (AvgIpc) is 2.98. The van der Waals surface area contributed by atoms with Gasteiger partial charge in [0.25, 0.3) is 5.89 Å². The molecule has 92 valence electrons. The van der Waals surface area contributed by atoms with Gasteiger partial charge in [0.05, 0.1) is 11.4 Å². The summed E-state index contributed by atoms with van der Waals surface area (Å²) in [6.07, 6.45) is 0. The van der Waals surface area contributed by atoms with Crippen LogP contribution in [0, 0.1) is 0 Å². The lowest BCUT2D eigenvalue weighted by Gasteiger charge is -2.16. The molecule has 0 bridgehead atoms. The predicted octanol–water partition coefficient (Wildman–Crippen LogP) is 1.58. The first-order chi connectivity index (χ1) is 8.33. The average molecular weight is 252 g/mol. The molecular formula is C11H16N4OS. The van der Waals surface area contributed by atoms with E-state index in [1.165, 1.54) is 0 Å². The minimum Gasteiger partial charge on any atom is -0.419 e. The molecule has 0 radical (unpaired) electrons. The quantitative estimate of drug-likeness (QED) is 0.845. The maximum absolute atomic E-state index is 5.61. The molecule has 0 saturated heterocycles. The van der Waals surface area contributed by atoms with Gasteiger partial charge in [-0.2, -0.15) is 0 Å². The van der Waals surface area contributed by atoms with Crippen LogP contribution in [0.5, 0.6) is 0 Å². The largest absolute Gasteiger partial charge is 0.419 e. The molecule has 5 nitrogen and oxygen atoms in total. The Bertz CT molecular complexity index is 440. The SMILES string of the molecule is CCN(CCN)Cc1nnc(-c2cccs2)o1. The minimum atomic E-state index is 0.596. The van der Waals surface area contributed by atoms with Crippen LogP contribution in [-0.2, 0) is 6.54 Å². The van der Waals surface area contributed by atoms with Crippen molar-refractivity contribution in [3.05, 3.63) is 23.4 Å². The molecular weight excluding hydrogens is 236 g/mol. The van der Waals surface area contributed by atoms with E-state index < -0.39 is 0 Å². The molecule has 0 unspecified atom stereocenters. The molecule has 0 atom stereocenters. The van der Waals surface area contributed by atoms with Crippen LogP contribution < -0.4 is 5.73 Å². The van der Waals surface area contributed by atoms with Gasteiger partial charge < -0.3 is 10.2 Å². The molecule has 0 spiro atoms. The molecule has 17 heavy (non-hydrogen) atoms. The first kappa shape index (κ1) is 12.2. The Morgan fingerprint density at radius 2 is 2.35 bits per heavy atom. The number of hydrogen-bond donors (Lipinski definition) is 1. The van der Waals surface area contributed by atoms with E-state index in [9.17, 15) is 0 Å². The lowest BCUT2D eigenvalue weighted by molar-refractivity contribution is 0.258. The first-order valence-electron chi connectivity index (χ1n) is 5.62. The number of likely N-dealkylation sites (N-methyl/N-ethyl adjacent to an activating group) is 1. The molecule has 0 aliphatic rings. The lowest BCUT2D eigenvalue weighted by atomic mass is 10.4. The zero-order valence-corrected chi connectivity index (χ0v) is 10.6. The highest BCUT2D eigenvalue weighted by Crippen LogP contribution is 2.23.